The first-order valence-electron chi connectivity index (χ1n) is 6.26. The third-order valence-electron chi connectivity index (χ3n) is 2.53. The zero-order valence-electron chi connectivity index (χ0n) is 11.0. The second-order valence-corrected chi connectivity index (χ2v) is 4.17. The number of ether oxygens (including phenoxy) is 1. The zero-order chi connectivity index (χ0) is 13.4. The summed E-state index contributed by atoms with van der Waals surface area (Å²) in [5.74, 6) is -0.369. The highest BCUT2D eigenvalue weighted by Gasteiger charge is 2.13. The monoisotopic (exact) mass is 255 g/mol. The minimum atomic E-state index is -1.03. The van der Waals surface area contributed by atoms with Gasteiger partial charge in [-0.15, -0.1) is 0 Å². The molecule has 18 heavy (non-hydrogen) atoms. The van der Waals surface area contributed by atoms with Crippen LogP contribution in [0.1, 0.15) is 41.6 Å². The van der Waals surface area contributed by atoms with Gasteiger partial charge in [-0.05, 0) is 19.4 Å². The molecule has 0 aromatic carbocycles. The molecule has 0 amide bonds. The van der Waals surface area contributed by atoms with E-state index < -0.39 is 5.97 Å². The third kappa shape index (κ3) is 4.89. The van der Waals surface area contributed by atoms with Gasteiger partial charge in [-0.3, -0.25) is 0 Å². The Labute approximate surface area is 107 Å². The molecular weight excluding hydrogens is 234 g/mol. The molecule has 0 fully saturated rings. The molecular formula is C13H21NO4. The summed E-state index contributed by atoms with van der Waals surface area (Å²) in [4.78, 5) is 10.8. The largest absolute Gasteiger partial charge is 0.475 e. The van der Waals surface area contributed by atoms with Gasteiger partial charge in [0.05, 0.1) is 13.2 Å². The number of carboxylic acids is 1. The molecule has 1 heterocycles. The molecule has 0 aliphatic carbocycles. The number of carboxylic acid groups (broad SMARTS) is 1. The molecule has 0 spiro atoms. The Morgan fingerprint density at radius 2 is 2.28 bits per heavy atom. The van der Waals surface area contributed by atoms with Gasteiger partial charge in [-0.1, -0.05) is 13.3 Å². The Bertz CT molecular complexity index is 373. The highest BCUT2D eigenvalue weighted by molar-refractivity contribution is 5.86. The summed E-state index contributed by atoms with van der Waals surface area (Å²) in [6, 6.07) is 1.74. The Morgan fingerprint density at radius 1 is 1.50 bits per heavy atom. The molecule has 1 rings (SSSR count). The number of carbonyl (C=O) groups is 1. The average molecular weight is 255 g/mol. The fraction of sp³-hybridized carbons (Fsp3) is 0.615. The molecule has 2 N–H and O–H groups in total. The van der Waals surface area contributed by atoms with Crippen molar-refractivity contribution in [2.24, 2.45) is 0 Å². The summed E-state index contributed by atoms with van der Waals surface area (Å²) in [6.07, 6.45) is 2.22. The highest BCUT2D eigenvalue weighted by atomic mass is 16.5. The van der Waals surface area contributed by atoms with Crippen molar-refractivity contribution in [2.45, 2.75) is 33.2 Å². The van der Waals surface area contributed by atoms with E-state index in [1.807, 2.05) is 0 Å². The zero-order valence-corrected chi connectivity index (χ0v) is 11.0. The molecule has 0 unspecified atom stereocenters. The van der Waals surface area contributed by atoms with Gasteiger partial charge in [0.15, 0.2) is 0 Å². The number of aryl methyl sites for hydroxylation is 1. The van der Waals surface area contributed by atoms with Crippen molar-refractivity contribution < 1.29 is 19.1 Å². The number of nitrogens with one attached hydrogen (secondary N) is 1. The first-order chi connectivity index (χ1) is 8.65. The summed E-state index contributed by atoms with van der Waals surface area (Å²) in [7, 11) is 0. The molecule has 102 valence electrons. The maximum atomic E-state index is 10.8. The predicted molar refractivity (Wildman–Crippen MR) is 67.8 cm³/mol. The van der Waals surface area contributed by atoms with Gasteiger partial charge in [0.25, 0.3) is 0 Å². The Hall–Kier alpha value is -1.33. The van der Waals surface area contributed by atoms with E-state index >= 15 is 0 Å². The normalized spacial score (nSPS) is 10.8. The van der Waals surface area contributed by atoms with E-state index in [0.717, 1.165) is 26.0 Å². The number of furan rings is 1. The van der Waals surface area contributed by atoms with Gasteiger partial charge in [0.1, 0.15) is 5.76 Å². The van der Waals surface area contributed by atoms with Crippen molar-refractivity contribution in [3.63, 3.8) is 0 Å². The van der Waals surface area contributed by atoms with E-state index in [-0.39, 0.29) is 5.76 Å². The lowest BCUT2D eigenvalue weighted by molar-refractivity contribution is 0.0659. The van der Waals surface area contributed by atoms with Crippen molar-refractivity contribution in [3.05, 3.63) is 23.2 Å². The molecule has 0 atom stereocenters. The standard InChI is InChI=1S/C13H21NO4/c1-3-4-6-17-7-5-14-9-11-8-10(2)12(18-11)13(15)16/h8,14H,3-7,9H2,1-2H3,(H,15,16). The smallest absolute Gasteiger partial charge is 0.372 e. The summed E-state index contributed by atoms with van der Waals surface area (Å²) in [5.41, 5.74) is 0.651. The molecule has 0 aliphatic rings. The predicted octanol–water partition coefficient (Wildman–Crippen LogP) is 2.19. The van der Waals surface area contributed by atoms with Crippen LogP contribution in [0.4, 0.5) is 0 Å². The van der Waals surface area contributed by atoms with Crippen molar-refractivity contribution in [1.29, 1.82) is 0 Å². The number of hydrogen-bond acceptors (Lipinski definition) is 4. The molecule has 1 aromatic rings. The van der Waals surface area contributed by atoms with Crippen LogP contribution in [0, 0.1) is 6.92 Å². The van der Waals surface area contributed by atoms with E-state index in [9.17, 15) is 4.79 Å². The van der Waals surface area contributed by atoms with Crippen LogP contribution >= 0.6 is 0 Å². The first kappa shape index (κ1) is 14.7. The first-order valence-corrected chi connectivity index (χ1v) is 6.26. The number of rotatable bonds is 9. The number of aromatic carboxylic acids is 1. The summed E-state index contributed by atoms with van der Waals surface area (Å²) >= 11 is 0. The van der Waals surface area contributed by atoms with Gasteiger partial charge in [-0.2, -0.15) is 0 Å². The van der Waals surface area contributed by atoms with E-state index in [0.29, 0.717) is 24.5 Å². The number of hydrogen-bond donors (Lipinski definition) is 2. The van der Waals surface area contributed by atoms with Gasteiger partial charge in [0.2, 0.25) is 5.76 Å². The molecule has 1 aromatic heterocycles. The minimum absolute atomic E-state index is 0.0194. The summed E-state index contributed by atoms with van der Waals surface area (Å²) in [6.45, 7) is 6.55. The minimum Gasteiger partial charge on any atom is -0.475 e. The van der Waals surface area contributed by atoms with Crippen molar-refractivity contribution in [3.8, 4) is 0 Å². The lowest BCUT2D eigenvalue weighted by atomic mass is 10.2. The second kappa shape index (κ2) is 7.89. The molecule has 5 nitrogen and oxygen atoms in total. The van der Waals surface area contributed by atoms with E-state index in [2.05, 4.69) is 12.2 Å². The van der Waals surface area contributed by atoms with Crippen LogP contribution in [0.5, 0.6) is 0 Å². The van der Waals surface area contributed by atoms with Crippen molar-refractivity contribution in [2.75, 3.05) is 19.8 Å². The van der Waals surface area contributed by atoms with Crippen LogP contribution in [0.2, 0.25) is 0 Å². The SMILES string of the molecule is CCCCOCCNCc1cc(C)c(C(=O)O)o1. The topological polar surface area (TPSA) is 71.7 Å². The van der Waals surface area contributed by atoms with E-state index in [4.69, 9.17) is 14.3 Å². The highest BCUT2D eigenvalue weighted by Crippen LogP contribution is 2.14. The van der Waals surface area contributed by atoms with Crippen molar-refractivity contribution >= 4 is 5.97 Å². The lowest BCUT2D eigenvalue weighted by Gasteiger charge is -2.04. The maximum Gasteiger partial charge on any atom is 0.372 e. The summed E-state index contributed by atoms with van der Waals surface area (Å²) < 4.78 is 10.6. The van der Waals surface area contributed by atoms with E-state index in [1.54, 1.807) is 13.0 Å². The Balaban J connectivity index is 2.19. The lowest BCUT2D eigenvalue weighted by Crippen LogP contribution is -2.19. The van der Waals surface area contributed by atoms with Gasteiger partial charge < -0.3 is 19.6 Å². The second-order valence-electron chi connectivity index (χ2n) is 4.17. The van der Waals surface area contributed by atoms with Crippen LogP contribution in [-0.4, -0.2) is 30.8 Å². The Kier molecular flexibility index (Phi) is 6.46. The molecule has 0 saturated carbocycles. The van der Waals surface area contributed by atoms with E-state index in [1.165, 1.54) is 0 Å². The van der Waals surface area contributed by atoms with Crippen LogP contribution in [0.25, 0.3) is 0 Å². The quantitative estimate of drug-likeness (QED) is 0.662. The van der Waals surface area contributed by atoms with Crippen LogP contribution in [0.3, 0.4) is 0 Å². The van der Waals surface area contributed by atoms with Crippen LogP contribution in [-0.2, 0) is 11.3 Å². The summed E-state index contributed by atoms with van der Waals surface area (Å²) in [5, 5.41) is 12.0. The molecule has 0 aliphatic heterocycles. The third-order valence-corrected chi connectivity index (χ3v) is 2.53. The number of unbranched alkanes of at least 4 members (excludes halogenated alkanes) is 1. The van der Waals surface area contributed by atoms with Gasteiger partial charge >= 0.3 is 5.97 Å². The van der Waals surface area contributed by atoms with Crippen molar-refractivity contribution in [1.82, 2.24) is 5.32 Å². The fourth-order valence-corrected chi connectivity index (χ4v) is 1.55. The van der Waals surface area contributed by atoms with Crippen LogP contribution in [0.15, 0.2) is 10.5 Å². The fourth-order valence-electron chi connectivity index (χ4n) is 1.55. The Morgan fingerprint density at radius 3 is 2.89 bits per heavy atom. The van der Waals surface area contributed by atoms with Gasteiger partial charge in [0, 0.05) is 18.7 Å². The molecule has 0 bridgehead atoms. The maximum absolute atomic E-state index is 10.8. The molecule has 5 heteroatoms. The van der Waals surface area contributed by atoms with Gasteiger partial charge in [-0.25, -0.2) is 4.79 Å². The molecule has 0 saturated heterocycles. The van der Waals surface area contributed by atoms with Crippen LogP contribution < -0.4 is 5.32 Å². The average Bonchev–Trinajstić information content (AvgIpc) is 2.69. The molecule has 0 radical (unpaired) electrons.